The average molecular weight is 877 g/mol. The van der Waals surface area contributed by atoms with Crippen LogP contribution in [0.15, 0.2) is 117 Å². The summed E-state index contributed by atoms with van der Waals surface area (Å²) in [5.74, 6) is -1.95. The first-order chi connectivity index (χ1) is 28.8. The van der Waals surface area contributed by atoms with Crippen LogP contribution in [-0.4, -0.2) is 99.6 Å². The number of nitrogens with one attached hydrogen (secondary N) is 2. The zero-order valence-corrected chi connectivity index (χ0v) is 33.0. The van der Waals surface area contributed by atoms with Gasteiger partial charge in [0.2, 0.25) is 17.8 Å². The lowest BCUT2D eigenvalue weighted by Gasteiger charge is -2.21. The maximum Gasteiger partial charge on any atom is 0.335 e. The van der Waals surface area contributed by atoms with Gasteiger partial charge in [0.1, 0.15) is 9.79 Å². The first-order valence-electron chi connectivity index (χ1n) is 17.4. The molecule has 0 amide bonds. The minimum Gasteiger partial charge on any atom is -0.478 e. The van der Waals surface area contributed by atoms with E-state index in [0.29, 0.717) is 22.7 Å². The zero-order valence-electron chi connectivity index (χ0n) is 31.4. The number of hydrogen-bond donors (Lipinski definition) is 10. The van der Waals surface area contributed by atoms with E-state index in [-0.39, 0.29) is 77.4 Å². The SMILES string of the molecule is Nc1cc(S(=O)(=O)O)c2cccc(S(=O)(=O)O)c2c1.Nc1ccc(Nc2nc(Nc3ccc(N=Nc4cc(C(=O)O)cc(C(=O)O)c4)cc3)nc(N(CCO)CCO)n2)cc1. The Hall–Kier alpha value is -7.35. The number of carbonyl (C=O) groups is 2. The van der Waals surface area contributed by atoms with Crippen LogP contribution in [0.25, 0.3) is 10.8 Å². The van der Waals surface area contributed by atoms with Crippen molar-refractivity contribution in [3.63, 3.8) is 0 Å². The third-order valence-corrected chi connectivity index (χ3v) is 9.93. The molecule has 0 unspecified atom stereocenters. The Kier molecular flexibility index (Phi) is 14.0. The van der Waals surface area contributed by atoms with E-state index in [2.05, 4.69) is 35.8 Å². The van der Waals surface area contributed by atoms with Gasteiger partial charge in [-0.2, -0.15) is 42.0 Å². The van der Waals surface area contributed by atoms with Crippen molar-refractivity contribution in [1.29, 1.82) is 0 Å². The summed E-state index contributed by atoms with van der Waals surface area (Å²) in [7, 11) is -9.11. The molecule has 0 saturated carbocycles. The van der Waals surface area contributed by atoms with Crippen molar-refractivity contribution in [3.05, 3.63) is 108 Å². The number of azo groups is 1. The molecule has 12 N–H and O–H groups in total. The molecule has 318 valence electrons. The van der Waals surface area contributed by atoms with Crippen LogP contribution >= 0.6 is 0 Å². The molecule has 5 aromatic carbocycles. The first kappa shape index (κ1) is 44.7. The van der Waals surface area contributed by atoms with E-state index in [1.54, 1.807) is 53.4 Å². The molecule has 0 aliphatic rings. The van der Waals surface area contributed by atoms with Gasteiger partial charge in [-0.3, -0.25) is 9.11 Å². The van der Waals surface area contributed by atoms with E-state index in [1.807, 2.05) is 0 Å². The Morgan fingerprint density at radius 2 is 1.11 bits per heavy atom. The summed E-state index contributed by atoms with van der Waals surface area (Å²) < 4.78 is 63.1. The number of carboxylic acid groups (broad SMARTS) is 2. The van der Waals surface area contributed by atoms with Gasteiger partial charge in [0.25, 0.3) is 20.2 Å². The number of rotatable bonds is 15. The van der Waals surface area contributed by atoms with E-state index < -0.39 is 42.0 Å². The van der Waals surface area contributed by atoms with Crippen LogP contribution in [-0.2, 0) is 20.2 Å². The van der Waals surface area contributed by atoms with Gasteiger partial charge in [0.15, 0.2) is 0 Å². The van der Waals surface area contributed by atoms with Crippen LogP contribution in [0.3, 0.4) is 0 Å². The Morgan fingerprint density at radius 1 is 0.607 bits per heavy atom. The summed E-state index contributed by atoms with van der Waals surface area (Å²) in [4.78, 5) is 36.5. The molecular formula is C37H36N10O12S2. The molecule has 22 nitrogen and oxygen atoms in total. The van der Waals surface area contributed by atoms with E-state index in [9.17, 15) is 46.9 Å². The van der Waals surface area contributed by atoms with Gasteiger partial charge in [-0.15, -0.1) is 0 Å². The van der Waals surface area contributed by atoms with Gasteiger partial charge in [0, 0.05) is 46.6 Å². The topological polar surface area (TPSA) is 367 Å². The maximum atomic E-state index is 11.3. The molecule has 1 heterocycles. The third-order valence-electron chi connectivity index (χ3n) is 8.13. The minimum absolute atomic E-state index is 0.0492. The molecule has 0 atom stereocenters. The van der Waals surface area contributed by atoms with E-state index in [1.165, 1.54) is 30.3 Å². The van der Waals surface area contributed by atoms with Crippen molar-refractivity contribution in [2.75, 3.05) is 53.3 Å². The average Bonchev–Trinajstić information content (AvgIpc) is 3.20. The highest BCUT2D eigenvalue weighted by Gasteiger charge is 2.21. The van der Waals surface area contributed by atoms with Crippen LogP contribution < -0.4 is 27.0 Å². The number of hydrogen-bond acceptors (Lipinski definition) is 18. The third kappa shape index (κ3) is 12.1. The molecule has 0 saturated heterocycles. The fourth-order valence-corrected chi connectivity index (χ4v) is 6.86. The number of benzene rings is 5. The molecule has 0 bridgehead atoms. The van der Waals surface area contributed by atoms with E-state index in [0.717, 1.165) is 18.2 Å². The first-order valence-corrected chi connectivity index (χ1v) is 20.3. The summed E-state index contributed by atoms with van der Waals surface area (Å²) in [5.41, 5.74) is 13.1. The number of anilines is 7. The van der Waals surface area contributed by atoms with Crippen molar-refractivity contribution in [3.8, 4) is 0 Å². The highest BCUT2D eigenvalue weighted by atomic mass is 32.2. The number of aromatic nitrogens is 3. The second kappa shape index (κ2) is 19.1. The van der Waals surface area contributed by atoms with Crippen LogP contribution in [0.5, 0.6) is 0 Å². The Balaban J connectivity index is 0.000000308. The Morgan fingerprint density at radius 3 is 1.61 bits per heavy atom. The standard InChI is InChI=1S/C27H27N9O6.C10H9NO6S2/c28-18-1-3-19(4-2-18)29-25-31-26(33-27(32-25)36(9-11-37)10-12-38)30-20-5-7-21(8-6-20)34-35-22-14-16(23(39)40)13-17(15-22)24(41)42;11-6-4-8-7(10(5-6)19(15,16)17)2-1-3-9(8)18(12,13)14/h1-8,13-15,37-38H,9-12,28H2,(H,39,40)(H,41,42)(H2,29,30,31,32,33);1-5H,11H2,(H,12,13,14)(H,15,16,17). The predicted octanol–water partition coefficient (Wildman–Crippen LogP) is 4.46. The molecule has 61 heavy (non-hydrogen) atoms. The molecule has 6 rings (SSSR count). The monoisotopic (exact) mass is 876 g/mol. The molecule has 1 aromatic heterocycles. The normalized spacial score (nSPS) is 11.5. The highest BCUT2D eigenvalue weighted by molar-refractivity contribution is 7.86. The number of fused-ring (bicyclic) bond motifs is 1. The van der Waals surface area contributed by atoms with Gasteiger partial charge in [-0.25, -0.2) is 9.59 Å². The largest absolute Gasteiger partial charge is 0.478 e. The number of aliphatic hydroxyl groups excluding tert-OH is 2. The minimum atomic E-state index is -4.57. The highest BCUT2D eigenvalue weighted by Crippen LogP contribution is 2.31. The lowest BCUT2D eigenvalue weighted by Crippen LogP contribution is -2.31. The number of nitrogens with two attached hydrogens (primary N) is 2. The van der Waals surface area contributed by atoms with Crippen LogP contribution in [0.4, 0.5) is 52.0 Å². The summed E-state index contributed by atoms with van der Waals surface area (Å²) in [6.07, 6.45) is 0. The van der Waals surface area contributed by atoms with E-state index >= 15 is 0 Å². The fraction of sp³-hybridized carbons (Fsp3) is 0.108. The lowest BCUT2D eigenvalue weighted by atomic mass is 10.1. The van der Waals surface area contributed by atoms with Gasteiger partial charge in [-0.05, 0) is 84.9 Å². The second-order valence-electron chi connectivity index (χ2n) is 12.5. The Bertz CT molecular complexity index is 2790. The molecule has 0 spiro atoms. The fourth-order valence-electron chi connectivity index (χ4n) is 5.42. The summed E-state index contributed by atoms with van der Waals surface area (Å²) in [5, 5.41) is 51.5. The van der Waals surface area contributed by atoms with Gasteiger partial charge in [-0.1, -0.05) is 12.1 Å². The van der Waals surface area contributed by atoms with Crippen molar-refractivity contribution >= 4 is 94.9 Å². The Labute approximate surface area is 346 Å². The van der Waals surface area contributed by atoms with Crippen molar-refractivity contribution < 1.29 is 56.0 Å². The number of aliphatic hydroxyl groups is 2. The number of nitrogen functional groups attached to an aromatic ring is 2. The summed E-state index contributed by atoms with van der Waals surface area (Å²) in [6.45, 7) is 0.0233. The van der Waals surface area contributed by atoms with E-state index in [4.69, 9.17) is 20.6 Å². The lowest BCUT2D eigenvalue weighted by molar-refractivity contribution is 0.0696. The van der Waals surface area contributed by atoms with Crippen LogP contribution in [0.1, 0.15) is 20.7 Å². The van der Waals surface area contributed by atoms with Crippen molar-refractivity contribution in [2.24, 2.45) is 10.2 Å². The van der Waals surface area contributed by atoms with Gasteiger partial charge < -0.3 is 47.4 Å². The quantitative estimate of drug-likeness (QED) is 0.0386. The molecule has 24 heteroatoms. The van der Waals surface area contributed by atoms with Crippen molar-refractivity contribution in [2.45, 2.75) is 9.79 Å². The second-order valence-corrected chi connectivity index (χ2v) is 15.3. The molecule has 0 fully saturated rings. The van der Waals surface area contributed by atoms with Gasteiger partial charge in [0.05, 0.1) is 35.7 Å². The van der Waals surface area contributed by atoms with Crippen LogP contribution in [0, 0.1) is 0 Å². The smallest absolute Gasteiger partial charge is 0.335 e. The van der Waals surface area contributed by atoms with Crippen molar-refractivity contribution in [1.82, 2.24) is 15.0 Å². The molecule has 6 aromatic rings. The molecule has 0 aliphatic heterocycles. The number of carboxylic acids is 2. The molecule has 0 aliphatic carbocycles. The molecular weight excluding hydrogens is 841 g/mol. The number of aromatic carboxylic acids is 2. The zero-order chi connectivity index (χ0) is 44.5. The predicted molar refractivity (Wildman–Crippen MR) is 223 cm³/mol. The number of nitrogens with zero attached hydrogens (tertiary/aromatic N) is 6. The summed E-state index contributed by atoms with van der Waals surface area (Å²) in [6, 6.07) is 22.9. The summed E-state index contributed by atoms with van der Waals surface area (Å²) >= 11 is 0. The molecule has 0 radical (unpaired) electrons. The van der Waals surface area contributed by atoms with Crippen LogP contribution in [0.2, 0.25) is 0 Å². The van der Waals surface area contributed by atoms with Gasteiger partial charge >= 0.3 is 11.9 Å². The maximum absolute atomic E-state index is 11.3.